The van der Waals surface area contributed by atoms with Crippen molar-refractivity contribution in [2.75, 3.05) is 39.6 Å². The van der Waals surface area contributed by atoms with Crippen LogP contribution in [0.15, 0.2) is 0 Å². The summed E-state index contributed by atoms with van der Waals surface area (Å²) in [5.74, 6) is 0.151. The van der Waals surface area contributed by atoms with Gasteiger partial charge in [0.25, 0.3) is 0 Å². The lowest BCUT2D eigenvalue weighted by Gasteiger charge is -2.21. The van der Waals surface area contributed by atoms with Crippen LogP contribution >= 0.6 is 15.6 Å². The van der Waals surface area contributed by atoms with Gasteiger partial charge in [0.2, 0.25) is 0 Å². The summed E-state index contributed by atoms with van der Waals surface area (Å²) in [5, 5.41) is 10.6. The molecule has 0 spiro atoms. The van der Waals surface area contributed by atoms with E-state index in [9.17, 15) is 43.2 Å². The summed E-state index contributed by atoms with van der Waals surface area (Å²) < 4.78 is 68.6. The highest BCUT2D eigenvalue weighted by Gasteiger charge is 2.30. The van der Waals surface area contributed by atoms with Crippen molar-refractivity contribution in [2.45, 2.75) is 414 Å². The van der Waals surface area contributed by atoms with E-state index in [2.05, 4.69) is 48.5 Å². The fourth-order valence-electron chi connectivity index (χ4n) is 11.7. The summed E-state index contributed by atoms with van der Waals surface area (Å²) in [6, 6.07) is 0. The molecule has 19 heteroatoms. The number of phosphoric ester groups is 2. The molecule has 0 aromatic carbocycles. The average molecular weight is 1410 g/mol. The normalized spacial score (nSPS) is 14.3. The van der Waals surface area contributed by atoms with Crippen LogP contribution in [-0.4, -0.2) is 96.7 Å². The molecule has 0 bridgehead atoms. The molecule has 0 aliphatic rings. The molecule has 17 nitrogen and oxygen atoms in total. The number of carbonyl (C=O) groups excluding carboxylic acids is 4. The van der Waals surface area contributed by atoms with Gasteiger partial charge in [0.15, 0.2) is 12.2 Å². The Labute approximate surface area is 588 Å². The summed E-state index contributed by atoms with van der Waals surface area (Å²) >= 11 is 0. The molecular formula is C77H150O17P2. The Morgan fingerprint density at radius 2 is 0.531 bits per heavy atom. The quantitative estimate of drug-likeness (QED) is 0.0222. The molecule has 6 atom stereocenters. The summed E-state index contributed by atoms with van der Waals surface area (Å²) in [7, 11) is -9.91. The summed E-state index contributed by atoms with van der Waals surface area (Å²) in [5.41, 5.74) is 0. The lowest BCUT2D eigenvalue weighted by Crippen LogP contribution is -2.30. The van der Waals surface area contributed by atoms with E-state index in [0.717, 1.165) is 108 Å². The minimum absolute atomic E-state index is 0.104. The molecule has 0 heterocycles. The number of aliphatic hydroxyl groups is 1. The molecule has 0 saturated carbocycles. The molecule has 0 amide bonds. The first-order valence-electron chi connectivity index (χ1n) is 39.9. The molecule has 0 aliphatic heterocycles. The fourth-order valence-corrected chi connectivity index (χ4v) is 13.3. The monoisotopic (exact) mass is 1410 g/mol. The van der Waals surface area contributed by atoms with Crippen molar-refractivity contribution < 1.29 is 80.2 Å². The van der Waals surface area contributed by atoms with Crippen LogP contribution in [0, 0.1) is 17.8 Å². The van der Waals surface area contributed by atoms with E-state index in [4.69, 9.17) is 37.0 Å². The largest absolute Gasteiger partial charge is 0.472 e. The number of phosphoric acid groups is 2. The van der Waals surface area contributed by atoms with Crippen LogP contribution in [0.3, 0.4) is 0 Å². The Hall–Kier alpha value is -1.94. The Kier molecular flexibility index (Phi) is 66.2. The van der Waals surface area contributed by atoms with Crippen LogP contribution < -0.4 is 0 Å². The summed E-state index contributed by atoms with van der Waals surface area (Å²) in [6.07, 6.45) is 54.2. The van der Waals surface area contributed by atoms with Crippen LogP contribution in [-0.2, 0) is 65.4 Å². The molecule has 570 valence electrons. The SMILES string of the molecule is CCCCCCCCCCCCCCCCCCCC(=O)OC[C@H](COP(=O)(O)OC[C@@H](O)COP(=O)(O)OC[C@@H](COC(=O)CCCCCCCCCC(C)C)OC(=O)CCCCCCCCCCC(C)CC)OC(=O)CCCCCCCCCCCCCCCCC(C)C. The molecule has 0 radical (unpaired) electrons. The Morgan fingerprint density at radius 1 is 0.302 bits per heavy atom. The van der Waals surface area contributed by atoms with E-state index >= 15 is 0 Å². The summed E-state index contributed by atoms with van der Waals surface area (Å²) in [4.78, 5) is 72.8. The maximum absolute atomic E-state index is 13.1. The molecule has 96 heavy (non-hydrogen) atoms. The van der Waals surface area contributed by atoms with Crippen molar-refractivity contribution in [3.63, 3.8) is 0 Å². The predicted molar refractivity (Wildman–Crippen MR) is 391 cm³/mol. The molecule has 0 aromatic rings. The van der Waals surface area contributed by atoms with E-state index in [1.807, 2.05) is 0 Å². The van der Waals surface area contributed by atoms with Crippen molar-refractivity contribution in [3.8, 4) is 0 Å². The van der Waals surface area contributed by atoms with Gasteiger partial charge >= 0.3 is 39.5 Å². The predicted octanol–water partition coefficient (Wildman–Crippen LogP) is 22.6. The van der Waals surface area contributed by atoms with Gasteiger partial charge < -0.3 is 33.8 Å². The van der Waals surface area contributed by atoms with E-state index in [1.165, 1.54) is 199 Å². The minimum Gasteiger partial charge on any atom is -0.462 e. The van der Waals surface area contributed by atoms with Crippen LogP contribution in [0.25, 0.3) is 0 Å². The Morgan fingerprint density at radius 3 is 0.792 bits per heavy atom. The van der Waals surface area contributed by atoms with E-state index in [1.54, 1.807) is 0 Å². The molecule has 3 unspecified atom stereocenters. The highest BCUT2D eigenvalue weighted by Crippen LogP contribution is 2.45. The van der Waals surface area contributed by atoms with Gasteiger partial charge in [0.05, 0.1) is 26.4 Å². The number of rotatable bonds is 75. The van der Waals surface area contributed by atoms with E-state index in [0.29, 0.717) is 31.6 Å². The lowest BCUT2D eigenvalue weighted by atomic mass is 9.99. The van der Waals surface area contributed by atoms with Crippen molar-refractivity contribution >= 4 is 39.5 Å². The van der Waals surface area contributed by atoms with Crippen LogP contribution in [0.5, 0.6) is 0 Å². The molecular weight excluding hydrogens is 1260 g/mol. The number of esters is 4. The second-order valence-electron chi connectivity index (χ2n) is 28.9. The van der Waals surface area contributed by atoms with Gasteiger partial charge in [-0.05, 0) is 43.4 Å². The first kappa shape index (κ1) is 94.1. The molecule has 0 saturated heterocycles. The number of hydrogen-bond donors (Lipinski definition) is 3. The highest BCUT2D eigenvalue weighted by molar-refractivity contribution is 7.47. The molecule has 0 fully saturated rings. The smallest absolute Gasteiger partial charge is 0.462 e. The van der Waals surface area contributed by atoms with Gasteiger partial charge in [-0.25, -0.2) is 9.13 Å². The van der Waals surface area contributed by atoms with Gasteiger partial charge in [-0.2, -0.15) is 0 Å². The first-order chi connectivity index (χ1) is 46.3. The number of carbonyl (C=O) groups is 4. The topological polar surface area (TPSA) is 237 Å². The van der Waals surface area contributed by atoms with Gasteiger partial charge in [-0.1, -0.05) is 344 Å². The minimum atomic E-state index is -4.96. The number of unbranched alkanes of at least 4 members (excludes halogenated alkanes) is 42. The maximum atomic E-state index is 13.1. The molecule has 0 aliphatic carbocycles. The third-order valence-corrected chi connectivity index (χ3v) is 20.1. The van der Waals surface area contributed by atoms with Crippen molar-refractivity contribution in [2.24, 2.45) is 17.8 Å². The zero-order valence-corrected chi connectivity index (χ0v) is 64.6. The Bertz CT molecular complexity index is 1870. The molecule has 3 N–H and O–H groups in total. The average Bonchev–Trinajstić information content (AvgIpc) is 1.68. The number of hydrogen-bond acceptors (Lipinski definition) is 15. The highest BCUT2D eigenvalue weighted by atomic mass is 31.2. The maximum Gasteiger partial charge on any atom is 0.472 e. The zero-order valence-electron chi connectivity index (χ0n) is 62.8. The van der Waals surface area contributed by atoms with E-state index in [-0.39, 0.29) is 25.7 Å². The lowest BCUT2D eigenvalue weighted by molar-refractivity contribution is -0.161. The van der Waals surface area contributed by atoms with Crippen molar-refractivity contribution in [1.82, 2.24) is 0 Å². The van der Waals surface area contributed by atoms with Crippen LogP contribution in [0.2, 0.25) is 0 Å². The van der Waals surface area contributed by atoms with Gasteiger partial charge in [0.1, 0.15) is 19.3 Å². The number of aliphatic hydroxyl groups excluding tert-OH is 1. The third kappa shape index (κ3) is 69.2. The van der Waals surface area contributed by atoms with Gasteiger partial charge in [0, 0.05) is 25.7 Å². The number of ether oxygens (including phenoxy) is 4. The van der Waals surface area contributed by atoms with Crippen molar-refractivity contribution in [3.05, 3.63) is 0 Å². The standard InChI is InChI=1S/C77H150O17P2/c1-8-10-11-12-13-14-15-16-17-18-19-23-26-29-37-44-51-58-74(79)87-64-72(93-76(81)60-53-46-38-30-27-24-21-20-22-25-28-34-41-48-55-68(3)4)66-91-95(83,84)89-62-71(78)63-90-96(85,86)92-67-73(65-88-75(80)59-52-45-40-33-35-42-49-56-69(5)6)94-77(82)61-54-47-39-32-31-36-43-50-57-70(7)9-2/h68-73,78H,8-67H2,1-7H3,(H,83,84)(H,85,86)/t70?,71-,72-,73-/m1/s1. The fraction of sp³-hybridized carbons (Fsp3) is 0.948. The zero-order chi connectivity index (χ0) is 70.9. The van der Waals surface area contributed by atoms with E-state index < -0.39 is 97.5 Å². The summed E-state index contributed by atoms with van der Waals surface area (Å²) in [6.45, 7) is 11.9. The molecule has 0 aromatic heterocycles. The van der Waals surface area contributed by atoms with Gasteiger partial charge in [-0.15, -0.1) is 0 Å². The van der Waals surface area contributed by atoms with Gasteiger partial charge in [-0.3, -0.25) is 37.3 Å². The van der Waals surface area contributed by atoms with Crippen molar-refractivity contribution in [1.29, 1.82) is 0 Å². The third-order valence-electron chi connectivity index (χ3n) is 18.2. The first-order valence-corrected chi connectivity index (χ1v) is 42.9. The second-order valence-corrected chi connectivity index (χ2v) is 31.8. The van der Waals surface area contributed by atoms with Crippen LogP contribution in [0.1, 0.15) is 395 Å². The second kappa shape index (κ2) is 67.5. The Balaban J connectivity index is 5.24. The molecule has 0 rings (SSSR count). The van der Waals surface area contributed by atoms with Crippen LogP contribution in [0.4, 0.5) is 0 Å².